The summed E-state index contributed by atoms with van der Waals surface area (Å²) in [6.07, 6.45) is 6.04. The Balaban J connectivity index is 3.34. The molecule has 0 radical (unpaired) electrons. The van der Waals surface area contributed by atoms with Crippen molar-refractivity contribution in [2.45, 2.75) is 39.2 Å². The van der Waals surface area contributed by atoms with Crippen LogP contribution in [-0.4, -0.2) is 24.6 Å². The van der Waals surface area contributed by atoms with Gasteiger partial charge >= 0.3 is 0 Å². The van der Waals surface area contributed by atoms with Crippen LogP contribution in [-0.2, 0) is 0 Å². The lowest BCUT2D eigenvalue weighted by Crippen LogP contribution is -2.31. The van der Waals surface area contributed by atoms with Crippen LogP contribution in [0.1, 0.15) is 33.1 Å². The number of hydrogen-bond acceptors (Lipinski definition) is 2. The molecule has 0 saturated carbocycles. The maximum absolute atomic E-state index is 3.55. The van der Waals surface area contributed by atoms with Crippen LogP contribution < -0.4 is 5.32 Å². The lowest BCUT2D eigenvalue weighted by molar-refractivity contribution is 0.515. The summed E-state index contributed by atoms with van der Waals surface area (Å²) in [7, 11) is 0. The fourth-order valence-corrected chi connectivity index (χ4v) is 1.83. The molecule has 0 aromatic heterocycles. The largest absolute Gasteiger partial charge is 0.313 e. The number of thioether (sulfide) groups is 1. The lowest BCUT2D eigenvalue weighted by atomic mass is 10.2. The molecule has 1 nitrogen and oxygen atoms in total. The summed E-state index contributed by atoms with van der Waals surface area (Å²) in [6.45, 7) is 5.64. The van der Waals surface area contributed by atoms with E-state index in [-0.39, 0.29) is 0 Å². The minimum absolute atomic E-state index is 0.745. The van der Waals surface area contributed by atoms with Crippen LogP contribution in [0, 0.1) is 0 Å². The molecule has 0 aromatic carbocycles. The number of nitrogens with one attached hydrogen (secondary N) is 1. The molecule has 0 amide bonds. The van der Waals surface area contributed by atoms with Crippen LogP contribution >= 0.6 is 11.8 Å². The quantitative estimate of drug-likeness (QED) is 0.638. The highest BCUT2D eigenvalue weighted by molar-refractivity contribution is 7.98. The third-order valence-corrected chi connectivity index (χ3v) is 2.42. The molecule has 1 unspecified atom stereocenters. The Morgan fingerprint density at radius 1 is 1.27 bits per heavy atom. The monoisotopic (exact) mass is 175 g/mol. The van der Waals surface area contributed by atoms with Crippen molar-refractivity contribution in [2.24, 2.45) is 0 Å². The average molecular weight is 175 g/mol. The van der Waals surface area contributed by atoms with E-state index in [4.69, 9.17) is 0 Å². The molecule has 68 valence electrons. The SMILES string of the molecule is CCCNC(CCC)CSC. The first kappa shape index (κ1) is 11.3. The maximum atomic E-state index is 3.55. The highest BCUT2D eigenvalue weighted by Gasteiger charge is 2.03. The van der Waals surface area contributed by atoms with E-state index in [1.54, 1.807) is 0 Å². The summed E-state index contributed by atoms with van der Waals surface area (Å²) in [5, 5.41) is 3.55. The first-order chi connectivity index (χ1) is 5.35. The average Bonchev–Trinajstić information content (AvgIpc) is 2.01. The van der Waals surface area contributed by atoms with Gasteiger partial charge in [-0.2, -0.15) is 11.8 Å². The summed E-state index contributed by atoms with van der Waals surface area (Å²) < 4.78 is 0. The van der Waals surface area contributed by atoms with Gasteiger partial charge in [-0.1, -0.05) is 20.3 Å². The maximum Gasteiger partial charge on any atom is 0.0158 e. The van der Waals surface area contributed by atoms with Crippen LogP contribution in [0.25, 0.3) is 0 Å². The summed E-state index contributed by atoms with van der Waals surface area (Å²) in [4.78, 5) is 0. The van der Waals surface area contributed by atoms with Gasteiger partial charge in [0, 0.05) is 11.8 Å². The van der Waals surface area contributed by atoms with E-state index in [1.807, 2.05) is 11.8 Å². The van der Waals surface area contributed by atoms with E-state index >= 15 is 0 Å². The molecule has 1 atom stereocenters. The number of rotatable bonds is 7. The smallest absolute Gasteiger partial charge is 0.0158 e. The molecular weight excluding hydrogens is 154 g/mol. The molecule has 0 rings (SSSR count). The Bertz CT molecular complexity index is 70.0. The second-order valence-electron chi connectivity index (χ2n) is 2.90. The molecule has 0 aromatic rings. The van der Waals surface area contributed by atoms with Crippen molar-refractivity contribution in [3.05, 3.63) is 0 Å². The van der Waals surface area contributed by atoms with Crippen molar-refractivity contribution < 1.29 is 0 Å². The molecular formula is C9H21NS. The molecule has 0 heterocycles. The molecule has 0 aliphatic heterocycles. The minimum Gasteiger partial charge on any atom is -0.313 e. The van der Waals surface area contributed by atoms with Crippen molar-refractivity contribution in [1.29, 1.82) is 0 Å². The molecule has 0 aliphatic rings. The zero-order valence-corrected chi connectivity index (χ0v) is 8.84. The molecule has 0 aliphatic carbocycles. The Kier molecular flexibility index (Phi) is 8.64. The van der Waals surface area contributed by atoms with Crippen LogP contribution in [0.3, 0.4) is 0 Å². The first-order valence-electron chi connectivity index (χ1n) is 4.57. The standard InChI is InChI=1S/C9H21NS/c1-4-6-9(8-11-3)10-7-5-2/h9-10H,4-8H2,1-3H3. The van der Waals surface area contributed by atoms with E-state index in [0.717, 1.165) is 6.04 Å². The summed E-state index contributed by atoms with van der Waals surface area (Å²) in [5.41, 5.74) is 0. The van der Waals surface area contributed by atoms with Gasteiger partial charge in [0.15, 0.2) is 0 Å². The molecule has 0 saturated heterocycles. The Hall–Kier alpha value is 0.310. The molecule has 11 heavy (non-hydrogen) atoms. The van der Waals surface area contributed by atoms with E-state index in [9.17, 15) is 0 Å². The van der Waals surface area contributed by atoms with E-state index in [0.29, 0.717) is 0 Å². The van der Waals surface area contributed by atoms with Gasteiger partial charge in [-0.05, 0) is 25.6 Å². The zero-order valence-electron chi connectivity index (χ0n) is 8.02. The van der Waals surface area contributed by atoms with Crippen molar-refractivity contribution >= 4 is 11.8 Å². The van der Waals surface area contributed by atoms with E-state index in [2.05, 4.69) is 25.4 Å². The van der Waals surface area contributed by atoms with E-state index < -0.39 is 0 Å². The fraction of sp³-hybridized carbons (Fsp3) is 1.00. The van der Waals surface area contributed by atoms with Crippen molar-refractivity contribution in [1.82, 2.24) is 5.32 Å². The molecule has 2 heteroatoms. The molecule has 0 bridgehead atoms. The van der Waals surface area contributed by atoms with Gasteiger partial charge in [0.2, 0.25) is 0 Å². The van der Waals surface area contributed by atoms with Gasteiger partial charge in [-0.15, -0.1) is 0 Å². The minimum atomic E-state index is 0.745. The van der Waals surface area contributed by atoms with Crippen molar-refractivity contribution in [3.63, 3.8) is 0 Å². The van der Waals surface area contributed by atoms with Gasteiger partial charge in [0.1, 0.15) is 0 Å². The van der Waals surface area contributed by atoms with Crippen LogP contribution in [0.5, 0.6) is 0 Å². The summed E-state index contributed by atoms with van der Waals surface area (Å²) in [5.74, 6) is 1.26. The fourth-order valence-electron chi connectivity index (χ4n) is 1.14. The summed E-state index contributed by atoms with van der Waals surface area (Å²) >= 11 is 1.94. The molecule has 0 spiro atoms. The topological polar surface area (TPSA) is 12.0 Å². The Morgan fingerprint density at radius 2 is 2.00 bits per heavy atom. The Labute approximate surface area is 75.3 Å². The zero-order chi connectivity index (χ0) is 8.53. The van der Waals surface area contributed by atoms with Crippen molar-refractivity contribution in [2.75, 3.05) is 18.6 Å². The van der Waals surface area contributed by atoms with Gasteiger partial charge in [0.05, 0.1) is 0 Å². The number of hydrogen-bond donors (Lipinski definition) is 1. The predicted octanol–water partition coefficient (Wildman–Crippen LogP) is 2.52. The Morgan fingerprint density at radius 3 is 2.45 bits per heavy atom. The predicted molar refractivity (Wildman–Crippen MR) is 55.4 cm³/mol. The van der Waals surface area contributed by atoms with Crippen LogP contribution in [0.2, 0.25) is 0 Å². The lowest BCUT2D eigenvalue weighted by Gasteiger charge is -2.15. The highest BCUT2D eigenvalue weighted by Crippen LogP contribution is 2.03. The third kappa shape index (κ3) is 6.70. The normalized spacial score (nSPS) is 13.4. The van der Waals surface area contributed by atoms with Gasteiger partial charge < -0.3 is 5.32 Å². The highest BCUT2D eigenvalue weighted by atomic mass is 32.2. The van der Waals surface area contributed by atoms with Crippen LogP contribution in [0.4, 0.5) is 0 Å². The van der Waals surface area contributed by atoms with Gasteiger partial charge in [-0.25, -0.2) is 0 Å². The van der Waals surface area contributed by atoms with Gasteiger partial charge in [-0.3, -0.25) is 0 Å². The molecule has 0 fully saturated rings. The third-order valence-electron chi connectivity index (χ3n) is 1.69. The van der Waals surface area contributed by atoms with Gasteiger partial charge in [0.25, 0.3) is 0 Å². The van der Waals surface area contributed by atoms with E-state index in [1.165, 1.54) is 31.6 Å². The second-order valence-corrected chi connectivity index (χ2v) is 3.81. The second kappa shape index (κ2) is 8.41. The van der Waals surface area contributed by atoms with Crippen LogP contribution in [0.15, 0.2) is 0 Å². The molecule has 1 N–H and O–H groups in total. The summed E-state index contributed by atoms with van der Waals surface area (Å²) in [6, 6.07) is 0.745. The van der Waals surface area contributed by atoms with Crippen molar-refractivity contribution in [3.8, 4) is 0 Å². The first-order valence-corrected chi connectivity index (χ1v) is 5.96.